The summed E-state index contributed by atoms with van der Waals surface area (Å²) >= 11 is 0. The lowest BCUT2D eigenvalue weighted by molar-refractivity contribution is -0.142. The summed E-state index contributed by atoms with van der Waals surface area (Å²) in [6.07, 6.45) is 0. The highest BCUT2D eigenvalue weighted by atomic mass is 16.5. The predicted octanol–water partition coefficient (Wildman–Crippen LogP) is -0.763. The molecular formula is C11H24N4O. The van der Waals surface area contributed by atoms with Crippen molar-refractivity contribution in [2.75, 3.05) is 60.4 Å². The maximum Gasteiger partial charge on any atom is 0.0411 e. The van der Waals surface area contributed by atoms with Crippen LogP contribution < -0.4 is 0 Å². The highest BCUT2D eigenvalue weighted by Crippen LogP contribution is 2.17. The highest BCUT2D eigenvalue weighted by molar-refractivity contribution is 4.92. The van der Waals surface area contributed by atoms with Crippen LogP contribution in [0.5, 0.6) is 0 Å². The van der Waals surface area contributed by atoms with Gasteiger partial charge in [-0.3, -0.25) is 9.80 Å². The molecule has 1 N–H and O–H groups in total. The van der Waals surface area contributed by atoms with Crippen LogP contribution in [0, 0.1) is 0 Å². The summed E-state index contributed by atoms with van der Waals surface area (Å²) in [7, 11) is 6.54. The van der Waals surface area contributed by atoms with Crippen molar-refractivity contribution in [2.45, 2.75) is 12.1 Å². The van der Waals surface area contributed by atoms with Crippen molar-refractivity contribution in [3.05, 3.63) is 0 Å². The zero-order valence-corrected chi connectivity index (χ0v) is 10.6. The fourth-order valence-corrected chi connectivity index (χ4v) is 2.76. The van der Waals surface area contributed by atoms with E-state index in [1.807, 2.05) is 0 Å². The first-order chi connectivity index (χ1) is 7.58. The Kier molecular flexibility index (Phi) is 3.81. The molecule has 94 valence electrons. The number of hydrogen-bond donors (Lipinski definition) is 1. The van der Waals surface area contributed by atoms with Gasteiger partial charge in [-0.25, -0.2) is 0 Å². The van der Waals surface area contributed by atoms with E-state index in [0.29, 0.717) is 12.1 Å². The Morgan fingerprint density at radius 1 is 0.812 bits per heavy atom. The van der Waals surface area contributed by atoms with E-state index in [2.05, 4.69) is 35.8 Å². The lowest BCUT2D eigenvalue weighted by Crippen LogP contribution is -2.64. The van der Waals surface area contributed by atoms with Gasteiger partial charge in [0.1, 0.15) is 0 Å². The summed E-state index contributed by atoms with van der Waals surface area (Å²) in [5.74, 6) is 0. The predicted molar refractivity (Wildman–Crippen MR) is 63.7 cm³/mol. The van der Waals surface area contributed by atoms with Crippen LogP contribution >= 0.6 is 0 Å². The van der Waals surface area contributed by atoms with Gasteiger partial charge < -0.3 is 10.1 Å². The second-order valence-corrected chi connectivity index (χ2v) is 5.27. The Morgan fingerprint density at radius 2 is 1.38 bits per heavy atom. The van der Waals surface area contributed by atoms with Crippen molar-refractivity contribution in [2.24, 2.45) is 0 Å². The summed E-state index contributed by atoms with van der Waals surface area (Å²) in [6.45, 7) is 5.84. The standard InChI is InChI=1S/C11H24N4O/c1-12-4-5-13(2)10(8-12)11-9-15(16)7-6-14(11)3/h10-11,16H,4-9H2,1-3H3. The molecule has 2 saturated heterocycles. The number of rotatable bonds is 1. The second-order valence-electron chi connectivity index (χ2n) is 5.27. The van der Waals surface area contributed by atoms with Gasteiger partial charge in [0.15, 0.2) is 0 Å². The summed E-state index contributed by atoms with van der Waals surface area (Å²) in [5, 5.41) is 11.1. The van der Waals surface area contributed by atoms with E-state index in [9.17, 15) is 5.21 Å². The molecule has 0 aliphatic carbocycles. The van der Waals surface area contributed by atoms with E-state index in [1.165, 1.54) is 5.06 Å². The maximum absolute atomic E-state index is 9.65. The third-order valence-corrected chi connectivity index (χ3v) is 4.02. The molecule has 2 fully saturated rings. The van der Waals surface area contributed by atoms with Crippen LogP contribution in [0.4, 0.5) is 0 Å². The van der Waals surface area contributed by atoms with Crippen molar-refractivity contribution < 1.29 is 5.21 Å². The lowest BCUT2D eigenvalue weighted by atomic mass is 10.0. The molecule has 2 atom stereocenters. The van der Waals surface area contributed by atoms with E-state index in [4.69, 9.17) is 0 Å². The molecule has 2 aliphatic rings. The maximum atomic E-state index is 9.65. The minimum atomic E-state index is 0.437. The molecule has 2 rings (SSSR count). The van der Waals surface area contributed by atoms with E-state index in [0.717, 1.165) is 39.3 Å². The zero-order chi connectivity index (χ0) is 11.7. The van der Waals surface area contributed by atoms with Crippen molar-refractivity contribution in [1.82, 2.24) is 19.8 Å². The van der Waals surface area contributed by atoms with Crippen molar-refractivity contribution in [3.63, 3.8) is 0 Å². The Morgan fingerprint density at radius 3 is 2.06 bits per heavy atom. The molecule has 0 amide bonds. The fraction of sp³-hybridized carbons (Fsp3) is 1.00. The molecule has 2 unspecified atom stereocenters. The summed E-state index contributed by atoms with van der Waals surface area (Å²) in [5.41, 5.74) is 0. The second kappa shape index (κ2) is 4.98. The van der Waals surface area contributed by atoms with Gasteiger partial charge >= 0.3 is 0 Å². The minimum Gasteiger partial charge on any atom is -0.314 e. The first-order valence-corrected chi connectivity index (χ1v) is 6.11. The van der Waals surface area contributed by atoms with E-state index < -0.39 is 0 Å². The number of likely N-dealkylation sites (N-methyl/N-ethyl adjacent to an activating group) is 3. The monoisotopic (exact) mass is 228 g/mol. The van der Waals surface area contributed by atoms with Crippen LogP contribution in [-0.4, -0.2) is 97.5 Å². The highest BCUT2D eigenvalue weighted by Gasteiger charge is 2.35. The molecular weight excluding hydrogens is 204 g/mol. The number of hydrogen-bond acceptors (Lipinski definition) is 5. The Bertz CT molecular complexity index is 214. The van der Waals surface area contributed by atoms with Crippen LogP contribution in [0.1, 0.15) is 0 Å². The first kappa shape index (κ1) is 12.3. The van der Waals surface area contributed by atoms with Gasteiger partial charge in [-0.05, 0) is 21.1 Å². The van der Waals surface area contributed by atoms with Crippen LogP contribution in [0.25, 0.3) is 0 Å². The molecule has 0 aromatic heterocycles. The molecule has 2 heterocycles. The molecule has 0 spiro atoms. The molecule has 0 saturated carbocycles. The van der Waals surface area contributed by atoms with Crippen molar-refractivity contribution >= 4 is 0 Å². The molecule has 0 aromatic carbocycles. The average molecular weight is 228 g/mol. The van der Waals surface area contributed by atoms with E-state index in [1.54, 1.807) is 0 Å². The van der Waals surface area contributed by atoms with Gasteiger partial charge in [0.25, 0.3) is 0 Å². The Labute approximate surface area is 98.2 Å². The van der Waals surface area contributed by atoms with Crippen LogP contribution in [0.2, 0.25) is 0 Å². The largest absolute Gasteiger partial charge is 0.314 e. The number of nitrogens with zero attached hydrogens (tertiary/aromatic N) is 4. The van der Waals surface area contributed by atoms with Gasteiger partial charge in [-0.2, -0.15) is 5.06 Å². The normalized spacial score (nSPS) is 36.8. The SMILES string of the molecule is CN1CCN(C)C(C2CN(O)CCN2C)C1. The molecule has 0 aromatic rings. The van der Waals surface area contributed by atoms with Gasteiger partial charge in [-0.15, -0.1) is 0 Å². The third kappa shape index (κ3) is 2.55. The fourth-order valence-electron chi connectivity index (χ4n) is 2.76. The lowest BCUT2D eigenvalue weighted by Gasteiger charge is -2.47. The Balaban J connectivity index is 2.02. The van der Waals surface area contributed by atoms with Gasteiger partial charge in [0.05, 0.1) is 0 Å². The van der Waals surface area contributed by atoms with Gasteiger partial charge in [-0.1, -0.05) is 0 Å². The van der Waals surface area contributed by atoms with E-state index >= 15 is 0 Å². The summed E-state index contributed by atoms with van der Waals surface area (Å²) < 4.78 is 0. The van der Waals surface area contributed by atoms with Crippen molar-refractivity contribution in [3.8, 4) is 0 Å². The quantitative estimate of drug-likeness (QED) is 0.638. The Hall–Kier alpha value is -0.200. The summed E-state index contributed by atoms with van der Waals surface area (Å²) in [4.78, 5) is 7.20. The average Bonchev–Trinajstić information content (AvgIpc) is 2.25. The van der Waals surface area contributed by atoms with Crippen LogP contribution in [-0.2, 0) is 0 Å². The molecule has 0 radical (unpaired) electrons. The van der Waals surface area contributed by atoms with E-state index in [-0.39, 0.29) is 0 Å². The molecule has 0 bridgehead atoms. The van der Waals surface area contributed by atoms with Gasteiger partial charge in [0, 0.05) is 51.4 Å². The van der Waals surface area contributed by atoms with Crippen LogP contribution in [0.3, 0.4) is 0 Å². The molecule has 16 heavy (non-hydrogen) atoms. The first-order valence-electron chi connectivity index (χ1n) is 6.11. The topological polar surface area (TPSA) is 33.2 Å². The molecule has 5 nitrogen and oxygen atoms in total. The number of hydroxylamine groups is 2. The van der Waals surface area contributed by atoms with Crippen molar-refractivity contribution in [1.29, 1.82) is 0 Å². The zero-order valence-electron chi connectivity index (χ0n) is 10.6. The van der Waals surface area contributed by atoms with Crippen LogP contribution in [0.15, 0.2) is 0 Å². The molecule has 2 aliphatic heterocycles. The summed E-state index contributed by atoms with van der Waals surface area (Å²) in [6, 6.07) is 0.963. The number of piperazine rings is 2. The minimum absolute atomic E-state index is 0.437. The third-order valence-electron chi connectivity index (χ3n) is 4.02. The molecule has 5 heteroatoms. The smallest absolute Gasteiger partial charge is 0.0411 e. The van der Waals surface area contributed by atoms with Gasteiger partial charge in [0.2, 0.25) is 0 Å².